The number of halogens is 3. The number of benzene rings is 3. The number of carbonyl (C=O) groups excluding carboxylic acids is 2. The summed E-state index contributed by atoms with van der Waals surface area (Å²) in [4.78, 5) is 28.2. The molecule has 7 nitrogen and oxygen atoms in total. The number of anilines is 2. The molecule has 2 fully saturated rings. The third-order valence-corrected chi connectivity index (χ3v) is 7.82. The van der Waals surface area contributed by atoms with E-state index in [2.05, 4.69) is 33.0 Å². The van der Waals surface area contributed by atoms with E-state index in [0.717, 1.165) is 50.1 Å². The summed E-state index contributed by atoms with van der Waals surface area (Å²) in [5.74, 6) is 0.0694. The van der Waals surface area contributed by atoms with E-state index in [1.54, 1.807) is 31.4 Å². The fraction of sp³-hybridized carbons (Fsp3) is 0.355. The minimum Gasteiger partial charge on any atom is -0.497 e. The van der Waals surface area contributed by atoms with Crippen LogP contribution in [0.2, 0.25) is 0 Å². The maximum atomic E-state index is 13.1. The van der Waals surface area contributed by atoms with Crippen molar-refractivity contribution in [2.75, 3.05) is 19.0 Å². The van der Waals surface area contributed by atoms with Crippen molar-refractivity contribution in [2.24, 2.45) is 0 Å². The summed E-state index contributed by atoms with van der Waals surface area (Å²) in [6.45, 7) is 0.669. The van der Waals surface area contributed by atoms with Gasteiger partial charge in [0.2, 0.25) is 5.91 Å². The molecule has 0 aromatic heterocycles. The van der Waals surface area contributed by atoms with E-state index in [-0.39, 0.29) is 29.7 Å². The molecule has 2 bridgehead atoms. The first-order valence-electron chi connectivity index (χ1n) is 13.7. The molecule has 0 aliphatic carbocycles. The second-order valence-electron chi connectivity index (χ2n) is 10.6. The molecule has 3 N–H and O–H groups in total. The van der Waals surface area contributed by atoms with E-state index in [1.165, 1.54) is 17.7 Å². The van der Waals surface area contributed by atoms with Gasteiger partial charge in [0, 0.05) is 30.4 Å². The standard InChI is InChI=1S/C31H33F3N4O3/c1-41-26-13-9-20(10-14-26)19-38-24-11-12-25(38)17-23(16-24)37-29(39)18-35-30(40)27-7-2-3-8-28(27)36-22-6-4-5-21(15-22)31(32,33)34/h2-10,13-15,23-25,36H,11-12,16-19H2,1H3,(H,35,40)(H,37,39)/t23-,24+,25-. The summed E-state index contributed by atoms with van der Waals surface area (Å²) in [5.41, 5.74) is 1.20. The predicted octanol–water partition coefficient (Wildman–Crippen LogP) is 5.50. The fourth-order valence-electron chi connectivity index (χ4n) is 5.85. The largest absolute Gasteiger partial charge is 0.497 e. The molecule has 0 radical (unpaired) electrons. The molecule has 216 valence electrons. The van der Waals surface area contributed by atoms with Crippen molar-refractivity contribution >= 4 is 23.2 Å². The van der Waals surface area contributed by atoms with Crippen LogP contribution in [0, 0.1) is 0 Å². The summed E-state index contributed by atoms with van der Waals surface area (Å²) >= 11 is 0. The average molecular weight is 567 g/mol. The SMILES string of the molecule is COc1ccc(CN2[C@@H]3CC[C@H]2C[C@@H](NC(=O)CNC(=O)c2ccccc2Nc2cccc(C(F)(F)F)c2)C3)cc1. The molecule has 0 spiro atoms. The van der Waals surface area contributed by atoms with E-state index in [4.69, 9.17) is 4.74 Å². The van der Waals surface area contributed by atoms with Gasteiger partial charge < -0.3 is 20.7 Å². The predicted molar refractivity (Wildman–Crippen MR) is 150 cm³/mol. The van der Waals surface area contributed by atoms with E-state index < -0.39 is 17.6 Å². The second-order valence-corrected chi connectivity index (χ2v) is 10.6. The molecule has 0 unspecified atom stereocenters. The Morgan fingerprint density at radius 3 is 2.34 bits per heavy atom. The van der Waals surface area contributed by atoms with E-state index in [9.17, 15) is 22.8 Å². The third-order valence-electron chi connectivity index (χ3n) is 7.82. The van der Waals surface area contributed by atoms with Gasteiger partial charge in [0.05, 0.1) is 30.5 Å². The van der Waals surface area contributed by atoms with Gasteiger partial charge in [0.25, 0.3) is 5.91 Å². The molecular weight excluding hydrogens is 533 g/mol. The van der Waals surface area contributed by atoms with Crippen molar-refractivity contribution in [1.82, 2.24) is 15.5 Å². The van der Waals surface area contributed by atoms with Crippen LogP contribution in [-0.4, -0.2) is 48.5 Å². The van der Waals surface area contributed by atoms with E-state index in [1.807, 2.05) is 12.1 Å². The molecule has 10 heteroatoms. The van der Waals surface area contributed by atoms with Gasteiger partial charge >= 0.3 is 6.18 Å². The lowest BCUT2D eigenvalue weighted by atomic mass is 9.96. The molecule has 3 aromatic carbocycles. The molecule has 2 amide bonds. The number of para-hydroxylation sites is 1. The Morgan fingerprint density at radius 1 is 0.951 bits per heavy atom. The highest BCUT2D eigenvalue weighted by molar-refractivity contribution is 6.01. The number of hydrogen-bond donors (Lipinski definition) is 3. The Morgan fingerprint density at radius 2 is 1.66 bits per heavy atom. The maximum Gasteiger partial charge on any atom is 0.416 e. The number of fused-ring (bicyclic) bond motifs is 2. The van der Waals surface area contributed by atoms with Crippen molar-refractivity contribution in [3.63, 3.8) is 0 Å². The highest BCUT2D eigenvalue weighted by Gasteiger charge is 2.41. The zero-order chi connectivity index (χ0) is 29.0. The topological polar surface area (TPSA) is 82.7 Å². The number of carbonyl (C=O) groups is 2. The average Bonchev–Trinajstić information content (AvgIpc) is 3.18. The lowest BCUT2D eigenvalue weighted by molar-refractivity contribution is -0.137. The molecular formula is C31H33F3N4O3. The highest BCUT2D eigenvalue weighted by atomic mass is 19.4. The van der Waals surface area contributed by atoms with Gasteiger partial charge in [-0.05, 0) is 73.7 Å². The second kappa shape index (κ2) is 12.2. The zero-order valence-electron chi connectivity index (χ0n) is 22.7. The fourth-order valence-corrected chi connectivity index (χ4v) is 5.85. The van der Waals surface area contributed by atoms with Crippen LogP contribution in [0.15, 0.2) is 72.8 Å². The van der Waals surface area contributed by atoms with Gasteiger partial charge in [-0.2, -0.15) is 13.2 Å². The summed E-state index contributed by atoms with van der Waals surface area (Å²) in [5, 5.41) is 8.62. The number of nitrogens with one attached hydrogen (secondary N) is 3. The van der Waals surface area contributed by atoms with Gasteiger partial charge in [0.1, 0.15) is 5.75 Å². The third kappa shape index (κ3) is 7.00. The summed E-state index contributed by atoms with van der Waals surface area (Å²) in [7, 11) is 1.65. The Kier molecular flexibility index (Phi) is 8.49. The molecule has 2 heterocycles. The van der Waals surface area contributed by atoms with Crippen LogP contribution in [0.3, 0.4) is 0 Å². The normalized spacial score (nSPS) is 20.3. The summed E-state index contributed by atoms with van der Waals surface area (Å²) < 4.78 is 44.6. The molecule has 2 aliphatic heterocycles. The van der Waals surface area contributed by atoms with Gasteiger partial charge in [0.15, 0.2) is 0 Å². The summed E-state index contributed by atoms with van der Waals surface area (Å²) in [6, 6.07) is 20.2. The number of methoxy groups -OCH3 is 1. The minimum atomic E-state index is -4.48. The first-order valence-corrected chi connectivity index (χ1v) is 13.7. The van der Waals surface area contributed by atoms with Crippen LogP contribution in [0.5, 0.6) is 5.75 Å². The monoisotopic (exact) mass is 566 g/mol. The smallest absolute Gasteiger partial charge is 0.416 e. The quantitative estimate of drug-likeness (QED) is 0.319. The molecule has 3 atom stereocenters. The number of rotatable bonds is 9. The Bertz CT molecular complexity index is 1370. The number of alkyl halides is 3. The lowest BCUT2D eigenvalue weighted by Gasteiger charge is -2.39. The van der Waals surface area contributed by atoms with Crippen molar-refractivity contribution in [3.8, 4) is 5.75 Å². The Labute approximate surface area is 237 Å². The maximum absolute atomic E-state index is 13.1. The van der Waals surface area contributed by atoms with Crippen LogP contribution >= 0.6 is 0 Å². The van der Waals surface area contributed by atoms with Gasteiger partial charge in [-0.1, -0.05) is 30.3 Å². The Balaban J connectivity index is 1.13. The number of ether oxygens (including phenoxy) is 1. The minimum absolute atomic E-state index is 0.0406. The molecule has 41 heavy (non-hydrogen) atoms. The number of amides is 2. The van der Waals surface area contributed by atoms with Crippen molar-refractivity contribution in [1.29, 1.82) is 0 Å². The number of piperidine rings is 1. The van der Waals surface area contributed by atoms with Gasteiger partial charge in [-0.3, -0.25) is 14.5 Å². The van der Waals surface area contributed by atoms with Crippen molar-refractivity contribution < 1.29 is 27.5 Å². The van der Waals surface area contributed by atoms with Gasteiger partial charge in [-0.15, -0.1) is 0 Å². The van der Waals surface area contributed by atoms with Crippen LogP contribution in [-0.2, 0) is 17.5 Å². The molecule has 5 rings (SSSR count). The lowest BCUT2D eigenvalue weighted by Crippen LogP contribution is -2.51. The van der Waals surface area contributed by atoms with Crippen LogP contribution in [0.25, 0.3) is 0 Å². The highest BCUT2D eigenvalue weighted by Crippen LogP contribution is 2.37. The Hall–Kier alpha value is -4.05. The van der Waals surface area contributed by atoms with E-state index >= 15 is 0 Å². The first-order chi connectivity index (χ1) is 19.7. The number of hydrogen-bond acceptors (Lipinski definition) is 5. The zero-order valence-corrected chi connectivity index (χ0v) is 22.7. The molecule has 2 saturated heterocycles. The number of nitrogens with zero attached hydrogens (tertiary/aromatic N) is 1. The van der Waals surface area contributed by atoms with E-state index in [0.29, 0.717) is 17.8 Å². The molecule has 2 aliphatic rings. The van der Waals surface area contributed by atoms with Crippen LogP contribution in [0.4, 0.5) is 24.5 Å². The first kappa shape index (κ1) is 28.5. The molecule has 3 aromatic rings. The van der Waals surface area contributed by atoms with Crippen LogP contribution < -0.4 is 20.7 Å². The van der Waals surface area contributed by atoms with Crippen molar-refractivity contribution in [2.45, 2.75) is 56.5 Å². The van der Waals surface area contributed by atoms with Crippen molar-refractivity contribution in [3.05, 3.63) is 89.5 Å². The summed E-state index contributed by atoms with van der Waals surface area (Å²) in [6.07, 6.45) is -0.569. The van der Waals surface area contributed by atoms with Crippen LogP contribution in [0.1, 0.15) is 47.2 Å². The molecule has 0 saturated carbocycles. The van der Waals surface area contributed by atoms with Gasteiger partial charge in [-0.25, -0.2) is 0 Å².